The van der Waals surface area contributed by atoms with E-state index in [9.17, 15) is 18.8 Å². The molecule has 214 valence electrons. The van der Waals surface area contributed by atoms with Crippen LogP contribution in [0.2, 0.25) is 6.04 Å². The van der Waals surface area contributed by atoms with E-state index in [2.05, 4.69) is 0 Å². The van der Waals surface area contributed by atoms with Crippen molar-refractivity contribution in [2.75, 3.05) is 6.61 Å². The Morgan fingerprint density at radius 2 is 1.21 bits per heavy atom. The minimum absolute atomic E-state index is 0.124. The fourth-order valence-corrected chi connectivity index (χ4v) is 7.39. The van der Waals surface area contributed by atoms with Gasteiger partial charge in [-0.3, -0.25) is 14.4 Å². The molecule has 9 heteroatoms. The first-order valence-electron chi connectivity index (χ1n) is 13.4. The summed E-state index contributed by atoms with van der Waals surface area (Å²) in [5.41, 5.74) is 1.16. The van der Waals surface area contributed by atoms with E-state index in [1.807, 2.05) is 12.1 Å². The molecule has 1 aromatic rings. The lowest BCUT2D eigenvalue weighted by Crippen LogP contribution is -2.45. The van der Waals surface area contributed by atoms with Crippen LogP contribution in [0.15, 0.2) is 59.8 Å². The Balaban J connectivity index is 2.09. The molecule has 0 amide bonds. The second-order valence-electron chi connectivity index (χ2n) is 10.1. The highest BCUT2D eigenvalue weighted by Gasteiger charge is 2.49. The summed E-state index contributed by atoms with van der Waals surface area (Å²) in [5, 5.41) is 0. The number of ketones is 3. The molecular formula is C30H41FO7Si. The first-order valence-corrected chi connectivity index (χ1v) is 15.3. The Kier molecular flexibility index (Phi) is 12.8. The van der Waals surface area contributed by atoms with Crippen molar-refractivity contribution in [2.45, 2.75) is 91.7 Å². The molecule has 0 aromatic heterocycles. The van der Waals surface area contributed by atoms with Gasteiger partial charge in [-0.25, -0.2) is 4.39 Å². The van der Waals surface area contributed by atoms with E-state index in [1.165, 1.54) is 51.1 Å². The van der Waals surface area contributed by atoms with Gasteiger partial charge in [0.2, 0.25) is 0 Å². The quantitative estimate of drug-likeness (QED) is 0.102. The van der Waals surface area contributed by atoms with E-state index < -0.39 is 8.80 Å². The van der Waals surface area contributed by atoms with Gasteiger partial charge in [0.1, 0.15) is 5.82 Å². The summed E-state index contributed by atoms with van der Waals surface area (Å²) in [6, 6.07) is 7.06. The monoisotopic (exact) mass is 560 g/mol. The van der Waals surface area contributed by atoms with Crippen LogP contribution in [0, 0.1) is 5.82 Å². The molecule has 0 N–H and O–H groups in total. The summed E-state index contributed by atoms with van der Waals surface area (Å²) in [7, 11) is -3.60. The third kappa shape index (κ3) is 12.1. The lowest BCUT2D eigenvalue weighted by atomic mass is 9.83. The average Bonchev–Trinajstić information content (AvgIpc) is 2.81. The van der Waals surface area contributed by atoms with Crippen molar-refractivity contribution in [3.8, 4) is 0 Å². The second kappa shape index (κ2) is 15.5. The van der Waals surface area contributed by atoms with E-state index in [1.54, 1.807) is 20.8 Å². The minimum atomic E-state index is -3.60. The van der Waals surface area contributed by atoms with Crippen LogP contribution in [0.25, 0.3) is 0 Å². The summed E-state index contributed by atoms with van der Waals surface area (Å²) in [6.45, 7) is 9.60. The zero-order valence-electron chi connectivity index (χ0n) is 23.9. The number of rotatable bonds is 15. The Bertz CT molecular complexity index is 1000. The normalized spacial score (nSPS) is 20.1. The first kappa shape index (κ1) is 32.2. The largest absolute Gasteiger partial charge is 0.698 e. The van der Waals surface area contributed by atoms with Crippen LogP contribution < -0.4 is 0 Å². The molecule has 0 saturated heterocycles. The minimum Gasteiger partial charge on any atom is -0.487 e. The zero-order valence-corrected chi connectivity index (χ0v) is 24.9. The van der Waals surface area contributed by atoms with E-state index in [4.69, 9.17) is 18.0 Å². The summed E-state index contributed by atoms with van der Waals surface area (Å²) in [5.74, 6) is 0.564. The van der Waals surface area contributed by atoms with E-state index >= 15 is 0 Å². The van der Waals surface area contributed by atoms with Gasteiger partial charge in [0, 0.05) is 24.8 Å². The predicted molar refractivity (Wildman–Crippen MR) is 149 cm³/mol. The van der Waals surface area contributed by atoms with Crippen LogP contribution in [0.1, 0.15) is 85.1 Å². The van der Waals surface area contributed by atoms with Gasteiger partial charge in [0.15, 0.2) is 17.3 Å². The van der Waals surface area contributed by atoms with Gasteiger partial charge in [-0.05, 0) is 97.3 Å². The maximum Gasteiger partial charge on any atom is 0.698 e. The van der Waals surface area contributed by atoms with Gasteiger partial charge in [-0.15, -0.1) is 0 Å². The molecule has 1 aliphatic rings. The van der Waals surface area contributed by atoms with Crippen LogP contribution >= 0.6 is 0 Å². The number of carbonyl (C=O) groups excluding carboxylic acids is 3. The van der Waals surface area contributed by atoms with E-state index in [0.717, 1.165) is 31.2 Å². The molecule has 1 aliphatic carbocycles. The molecule has 7 nitrogen and oxygen atoms in total. The molecule has 0 spiro atoms. The molecule has 0 heterocycles. The molecule has 2 rings (SSSR count). The van der Waals surface area contributed by atoms with Gasteiger partial charge in [0.05, 0.1) is 29.4 Å². The molecule has 1 saturated carbocycles. The third-order valence-corrected chi connectivity index (χ3v) is 9.03. The maximum atomic E-state index is 13.3. The van der Waals surface area contributed by atoms with Gasteiger partial charge in [-0.1, -0.05) is 12.1 Å². The summed E-state index contributed by atoms with van der Waals surface area (Å²) < 4.78 is 37.9. The highest BCUT2D eigenvalue weighted by molar-refractivity contribution is 6.61. The predicted octanol–water partition coefficient (Wildman–Crippen LogP) is 6.73. The molecule has 0 bridgehead atoms. The van der Waals surface area contributed by atoms with Crippen LogP contribution in [-0.4, -0.2) is 38.9 Å². The van der Waals surface area contributed by atoms with E-state index in [-0.39, 0.29) is 29.3 Å². The van der Waals surface area contributed by atoms with Crippen molar-refractivity contribution < 1.29 is 36.8 Å². The van der Waals surface area contributed by atoms with Crippen LogP contribution in [0.3, 0.4) is 0 Å². The standard InChI is InChI=1S/C30H41FO7Si/c1-21(32)18-24(4)36-39(37-25(5)19-22(2)33,38-26(6)20-23(3)34)17-7-16-35-30-14-10-28(11-15-30)27-8-12-29(31)13-9-27/h8-9,12-13,18-20,28,30H,7,10-11,14-17H2,1-6H3. The van der Waals surface area contributed by atoms with Crippen LogP contribution in [0.4, 0.5) is 4.39 Å². The molecule has 39 heavy (non-hydrogen) atoms. The third-order valence-electron chi connectivity index (χ3n) is 6.17. The zero-order chi connectivity index (χ0) is 29.0. The molecule has 0 unspecified atom stereocenters. The first-order chi connectivity index (χ1) is 18.4. The molecule has 1 aromatic carbocycles. The molecule has 0 radical (unpaired) electrons. The smallest absolute Gasteiger partial charge is 0.487 e. The van der Waals surface area contributed by atoms with Gasteiger partial charge < -0.3 is 18.0 Å². The van der Waals surface area contributed by atoms with Crippen LogP contribution in [0.5, 0.6) is 0 Å². The number of ether oxygens (including phenoxy) is 1. The fraction of sp³-hybridized carbons (Fsp3) is 0.500. The number of hydrogen-bond acceptors (Lipinski definition) is 7. The number of benzene rings is 1. The fourth-order valence-electron chi connectivity index (χ4n) is 4.74. The van der Waals surface area contributed by atoms with Gasteiger partial charge in [0.25, 0.3) is 0 Å². The van der Waals surface area contributed by atoms with E-state index in [0.29, 0.717) is 42.3 Å². The molecule has 1 fully saturated rings. The Hall–Kier alpha value is -3.04. The average molecular weight is 561 g/mol. The lowest BCUT2D eigenvalue weighted by Gasteiger charge is -2.32. The maximum absolute atomic E-state index is 13.3. The van der Waals surface area contributed by atoms with Crippen molar-refractivity contribution in [2.24, 2.45) is 0 Å². The molecule has 0 aliphatic heterocycles. The van der Waals surface area contributed by atoms with Crippen molar-refractivity contribution in [3.63, 3.8) is 0 Å². The number of halogens is 1. The summed E-state index contributed by atoms with van der Waals surface area (Å²) in [4.78, 5) is 35.0. The van der Waals surface area contributed by atoms with Crippen LogP contribution in [-0.2, 0) is 32.4 Å². The van der Waals surface area contributed by atoms with Gasteiger partial charge >= 0.3 is 8.80 Å². The Morgan fingerprint density at radius 3 is 1.62 bits per heavy atom. The topological polar surface area (TPSA) is 88.1 Å². The molecule has 0 atom stereocenters. The second-order valence-corrected chi connectivity index (χ2v) is 12.6. The number of carbonyl (C=O) groups is 3. The van der Waals surface area contributed by atoms with Gasteiger partial charge in [-0.2, -0.15) is 0 Å². The summed E-state index contributed by atoms with van der Waals surface area (Å²) in [6.07, 6.45) is 8.48. The van der Waals surface area contributed by atoms with Crippen molar-refractivity contribution >= 4 is 26.2 Å². The highest BCUT2D eigenvalue weighted by atomic mass is 28.4. The molecular weight excluding hydrogens is 519 g/mol. The lowest BCUT2D eigenvalue weighted by molar-refractivity contribution is -0.113. The SMILES string of the molecule is CC(=O)C=C(C)O[Si](CCCOC1CCC(c2ccc(F)cc2)CC1)(OC(C)=CC(C)=O)OC(C)=CC(C)=O. The number of allylic oxidation sites excluding steroid dienone is 6. The Morgan fingerprint density at radius 1 is 0.769 bits per heavy atom. The van der Waals surface area contributed by atoms with Crippen molar-refractivity contribution in [3.05, 3.63) is 71.2 Å². The van der Waals surface area contributed by atoms with Crippen molar-refractivity contribution in [1.29, 1.82) is 0 Å². The van der Waals surface area contributed by atoms with Crippen molar-refractivity contribution in [1.82, 2.24) is 0 Å². The Labute approximate surface area is 232 Å². The summed E-state index contributed by atoms with van der Waals surface area (Å²) >= 11 is 0. The number of hydrogen-bond donors (Lipinski definition) is 0. The highest BCUT2D eigenvalue weighted by Crippen LogP contribution is 2.34.